The van der Waals surface area contributed by atoms with Gasteiger partial charge < -0.3 is 18.9 Å². The number of pyridine rings is 2. The van der Waals surface area contributed by atoms with Crippen LogP contribution in [0.4, 0.5) is 0 Å². The summed E-state index contributed by atoms with van der Waals surface area (Å²) in [5.41, 5.74) is 1.98. The van der Waals surface area contributed by atoms with E-state index in [-0.39, 0.29) is 23.0 Å². The van der Waals surface area contributed by atoms with Crippen LogP contribution in [0.2, 0.25) is 0 Å². The van der Waals surface area contributed by atoms with Gasteiger partial charge in [-0.1, -0.05) is 24.3 Å². The number of fused-ring (bicyclic) bond motifs is 2. The lowest BCUT2D eigenvalue weighted by Gasteiger charge is -2.47. The van der Waals surface area contributed by atoms with Crippen LogP contribution in [-0.4, -0.2) is 50.8 Å². The molecule has 35 heavy (non-hydrogen) atoms. The summed E-state index contributed by atoms with van der Waals surface area (Å²) < 4.78 is 14.2. The van der Waals surface area contributed by atoms with Gasteiger partial charge in [-0.2, -0.15) is 0 Å². The molecule has 7 heteroatoms. The predicted octanol–water partition coefficient (Wildman–Crippen LogP) is 3.99. The van der Waals surface area contributed by atoms with E-state index in [1.807, 2.05) is 51.3 Å². The molecule has 1 aliphatic heterocycles. The van der Waals surface area contributed by atoms with Gasteiger partial charge in [0.2, 0.25) is 5.43 Å². The summed E-state index contributed by atoms with van der Waals surface area (Å²) in [6.45, 7) is 11.3. The van der Waals surface area contributed by atoms with Crippen molar-refractivity contribution in [2.24, 2.45) is 0 Å². The molecule has 184 valence electrons. The normalized spacial score (nSPS) is 19.1. The number of hydrogen-bond donors (Lipinski definition) is 0. The molecular formula is C28H33N3O4. The number of benzene rings is 1. The molecule has 0 atom stereocenters. The zero-order chi connectivity index (χ0) is 25.0. The molecule has 2 aliphatic rings. The van der Waals surface area contributed by atoms with Crippen LogP contribution in [0.1, 0.15) is 56.1 Å². The zero-order valence-electron chi connectivity index (χ0n) is 21.1. The summed E-state index contributed by atoms with van der Waals surface area (Å²) in [7, 11) is 0. The van der Waals surface area contributed by atoms with Gasteiger partial charge in [0.25, 0.3) is 5.91 Å². The summed E-state index contributed by atoms with van der Waals surface area (Å²) in [5.74, 6) is 0.273. The molecule has 1 aliphatic carbocycles. The standard InChI is InChI=1S/C28H33N3O4/c1-6-30-15-23(26(33)31-16-27(2,3)35-28(4,5)17-31)24(32)22-13-21(14-29-25(22)30)34-20-11-18-9-7-8-10-19(18)12-20/h7-10,13-15,20H,6,11-12,16-17H2,1-5H3. The Morgan fingerprint density at radius 1 is 1.11 bits per heavy atom. The summed E-state index contributed by atoms with van der Waals surface area (Å²) in [6, 6.07) is 10.1. The van der Waals surface area contributed by atoms with Crippen molar-refractivity contribution in [1.82, 2.24) is 14.5 Å². The number of morpholine rings is 1. The van der Waals surface area contributed by atoms with E-state index in [0.717, 1.165) is 12.8 Å². The van der Waals surface area contributed by atoms with Crippen LogP contribution in [0.5, 0.6) is 5.75 Å². The van der Waals surface area contributed by atoms with Gasteiger partial charge in [-0.05, 0) is 51.8 Å². The van der Waals surface area contributed by atoms with Gasteiger partial charge in [-0.15, -0.1) is 0 Å². The van der Waals surface area contributed by atoms with Crippen LogP contribution in [0.25, 0.3) is 11.0 Å². The van der Waals surface area contributed by atoms with Gasteiger partial charge in [0.05, 0.1) is 22.8 Å². The summed E-state index contributed by atoms with van der Waals surface area (Å²) >= 11 is 0. The number of nitrogens with zero attached hydrogens (tertiary/aromatic N) is 3. The number of carbonyl (C=O) groups excluding carboxylic acids is 1. The van der Waals surface area contributed by atoms with Crippen molar-refractivity contribution >= 4 is 16.9 Å². The maximum absolute atomic E-state index is 13.6. The van der Waals surface area contributed by atoms with Gasteiger partial charge in [-0.3, -0.25) is 9.59 Å². The molecule has 0 saturated carbocycles. The molecule has 7 nitrogen and oxygen atoms in total. The Hall–Kier alpha value is -3.19. The first-order valence-electron chi connectivity index (χ1n) is 12.3. The lowest BCUT2D eigenvalue weighted by Crippen LogP contribution is -2.59. The molecule has 0 unspecified atom stereocenters. The van der Waals surface area contributed by atoms with E-state index in [9.17, 15) is 9.59 Å². The van der Waals surface area contributed by atoms with Crippen molar-refractivity contribution in [3.8, 4) is 5.75 Å². The second-order valence-electron chi connectivity index (χ2n) is 10.9. The summed E-state index contributed by atoms with van der Waals surface area (Å²) in [5, 5.41) is 0.400. The lowest BCUT2D eigenvalue weighted by atomic mass is 9.98. The lowest BCUT2D eigenvalue weighted by molar-refractivity contribution is -0.171. The SMILES string of the molecule is CCn1cc(C(=O)N2CC(C)(C)OC(C)(C)C2)c(=O)c2cc(OC3Cc4ccccc4C3)cnc21. The first-order chi connectivity index (χ1) is 16.5. The molecule has 5 rings (SSSR count). The fourth-order valence-electron chi connectivity index (χ4n) is 5.61. The van der Waals surface area contributed by atoms with E-state index in [1.54, 1.807) is 23.4 Å². The third-order valence-electron chi connectivity index (χ3n) is 6.76. The Kier molecular flexibility index (Phi) is 5.71. The predicted molar refractivity (Wildman–Crippen MR) is 135 cm³/mol. The minimum Gasteiger partial charge on any atom is -0.488 e. The molecule has 1 aromatic carbocycles. The second kappa shape index (κ2) is 8.48. The van der Waals surface area contributed by atoms with Crippen molar-refractivity contribution in [2.75, 3.05) is 13.1 Å². The van der Waals surface area contributed by atoms with Crippen LogP contribution >= 0.6 is 0 Å². The summed E-state index contributed by atoms with van der Waals surface area (Å²) in [4.78, 5) is 33.5. The van der Waals surface area contributed by atoms with Crippen LogP contribution in [-0.2, 0) is 24.1 Å². The van der Waals surface area contributed by atoms with Crippen molar-refractivity contribution in [1.29, 1.82) is 0 Å². The Bertz CT molecular complexity index is 1320. The van der Waals surface area contributed by atoms with Crippen molar-refractivity contribution in [3.63, 3.8) is 0 Å². The van der Waals surface area contributed by atoms with E-state index in [2.05, 4.69) is 17.1 Å². The molecule has 2 aromatic heterocycles. The van der Waals surface area contributed by atoms with E-state index in [4.69, 9.17) is 9.47 Å². The Labute approximate surface area is 205 Å². The average Bonchev–Trinajstić information content (AvgIpc) is 3.19. The number of carbonyl (C=O) groups is 1. The van der Waals surface area contributed by atoms with Crippen LogP contribution < -0.4 is 10.2 Å². The van der Waals surface area contributed by atoms with Crippen LogP contribution in [0.3, 0.4) is 0 Å². The molecule has 1 amide bonds. The minimum atomic E-state index is -0.501. The fraction of sp³-hybridized carbons (Fsp3) is 0.464. The maximum Gasteiger partial charge on any atom is 0.259 e. The van der Waals surface area contributed by atoms with E-state index >= 15 is 0 Å². The number of ether oxygens (including phenoxy) is 2. The number of aromatic nitrogens is 2. The molecule has 0 radical (unpaired) electrons. The highest BCUT2D eigenvalue weighted by atomic mass is 16.5. The van der Waals surface area contributed by atoms with Gasteiger partial charge in [0.15, 0.2) is 0 Å². The summed E-state index contributed by atoms with van der Waals surface area (Å²) in [6.07, 6.45) is 4.97. The zero-order valence-corrected chi connectivity index (χ0v) is 21.1. The highest BCUT2D eigenvalue weighted by Crippen LogP contribution is 2.30. The first kappa shape index (κ1) is 23.5. The fourth-order valence-corrected chi connectivity index (χ4v) is 5.61. The Morgan fingerprint density at radius 3 is 2.34 bits per heavy atom. The molecule has 3 heterocycles. The average molecular weight is 476 g/mol. The highest BCUT2D eigenvalue weighted by molar-refractivity contribution is 5.97. The monoisotopic (exact) mass is 475 g/mol. The van der Waals surface area contributed by atoms with Gasteiger partial charge >= 0.3 is 0 Å². The van der Waals surface area contributed by atoms with Crippen LogP contribution in [0.15, 0.2) is 47.5 Å². The molecule has 0 N–H and O–H groups in total. The first-order valence-corrected chi connectivity index (χ1v) is 12.3. The quantitative estimate of drug-likeness (QED) is 0.571. The molecule has 0 spiro atoms. The number of rotatable bonds is 4. The molecule has 0 bridgehead atoms. The molecular weight excluding hydrogens is 442 g/mol. The smallest absolute Gasteiger partial charge is 0.259 e. The molecule has 1 saturated heterocycles. The number of amides is 1. The maximum atomic E-state index is 13.6. The van der Waals surface area contributed by atoms with Crippen LogP contribution in [0, 0.1) is 0 Å². The second-order valence-corrected chi connectivity index (χ2v) is 10.9. The van der Waals surface area contributed by atoms with Crippen molar-refractivity contribution in [3.05, 3.63) is 69.6 Å². The van der Waals surface area contributed by atoms with Crippen molar-refractivity contribution < 1.29 is 14.3 Å². The largest absolute Gasteiger partial charge is 0.488 e. The van der Waals surface area contributed by atoms with E-state index in [1.165, 1.54) is 11.1 Å². The van der Waals surface area contributed by atoms with Gasteiger partial charge in [0, 0.05) is 38.7 Å². The Balaban J connectivity index is 1.48. The van der Waals surface area contributed by atoms with Gasteiger partial charge in [-0.25, -0.2) is 4.98 Å². The van der Waals surface area contributed by atoms with E-state index < -0.39 is 11.2 Å². The Morgan fingerprint density at radius 2 is 1.74 bits per heavy atom. The topological polar surface area (TPSA) is 73.7 Å². The molecule has 1 fully saturated rings. The third-order valence-corrected chi connectivity index (χ3v) is 6.76. The number of aryl methyl sites for hydroxylation is 1. The molecule has 3 aromatic rings. The minimum absolute atomic E-state index is 0.00248. The highest BCUT2D eigenvalue weighted by Gasteiger charge is 2.40. The third kappa shape index (κ3) is 4.57. The number of hydrogen-bond acceptors (Lipinski definition) is 5. The van der Waals surface area contributed by atoms with E-state index in [0.29, 0.717) is 36.4 Å². The van der Waals surface area contributed by atoms with Crippen molar-refractivity contribution in [2.45, 2.75) is 71.3 Å². The van der Waals surface area contributed by atoms with Gasteiger partial charge in [0.1, 0.15) is 23.1 Å².